The summed E-state index contributed by atoms with van der Waals surface area (Å²) in [5.74, 6) is -0.799. The SMILES string of the molecule is [2H]C([2H])([2H])c1ccccc1-c1cc(-c2cc(C([2H])(C)C)cc[n+]2C)c(C)cc1C([2H])([2H])[2H]. The Bertz CT molecular complexity index is 1150. The summed E-state index contributed by atoms with van der Waals surface area (Å²) in [4.78, 5) is 0. The van der Waals surface area contributed by atoms with Crippen LogP contribution in [0.5, 0.6) is 0 Å². The summed E-state index contributed by atoms with van der Waals surface area (Å²) in [5.41, 5.74) is 4.22. The third-order valence-corrected chi connectivity index (χ3v) is 4.58. The van der Waals surface area contributed by atoms with Crippen LogP contribution in [0.25, 0.3) is 22.4 Å². The van der Waals surface area contributed by atoms with Crippen molar-refractivity contribution in [3.63, 3.8) is 0 Å². The van der Waals surface area contributed by atoms with Gasteiger partial charge in [-0.3, -0.25) is 0 Å². The summed E-state index contributed by atoms with van der Waals surface area (Å²) in [6, 6.07) is 13.8. The van der Waals surface area contributed by atoms with Gasteiger partial charge in [0, 0.05) is 27.3 Å². The minimum absolute atomic E-state index is 0.116. The zero-order valence-corrected chi connectivity index (χ0v) is 15.1. The molecule has 2 aromatic carbocycles. The van der Waals surface area contributed by atoms with Crippen molar-refractivity contribution in [1.82, 2.24) is 0 Å². The van der Waals surface area contributed by atoms with Gasteiger partial charge in [0.2, 0.25) is 5.69 Å². The van der Waals surface area contributed by atoms with Crippen molar-refractivity contribution >= 4 is 0 Å². The van der Waals surface area contributed by atoms with E-state index in [2.05, 4.69) is 0 Å². The molecule has 1 nitrogen and oxygen atoms in total. The van der Waals surface area contributed by atoms with E-state index in [1.54, 1.807) is 30.3 Å². The number of aryl methyl sites for hydroxylation is 4. The van der Waals surface area contributed by atoms with Crippen molar-refractivity contribution in [3.8, 4) is 22.4 Å². The quantitative estimate of drug-likeness (QED) is 0.524. The molecule has 0 aliphatic carbocycles. The van der Waals surface area contributed by atoms with E-state index in [1.165, 1.54) is 6.07 Å². The Labute approximate surface area is 161 Å². The number of pyridine rings is 1. The van der Waals surface area contributed by atoms with Crippen LogP contribution in [-0.2, 0) is 7.05 Å². The Morgan fingerprint density at radius 3 is 2.36 bits per heavy atom. The Balaban J connectivity index is 2.38. The lowest BCUT2D eigenvalue weighted by Gasteiger charge is -2.14. The third kappa shape index (κ3) is 3.37. The van der Waals surface area contributed by atoms with Crippen LogP contribution in [-0.4, -0.2) is 0 Å². The zero-order chi connectivity index (χ0) is 24.1. The first-order valence-corrected chi connectivity index (χ1v) is 8.36. The first-order valence-electron chi connectivity index (χ1n) is 11.9. The van der Waals surface area contributed by atoms with Gasteiger partial charge in [0.25, 0.3) is 0 Å². The monoisotopic (exact) mass is 337 g/mol. The summed E-state index contributed by atoms with van der Waals surface area (Å²) >= 11 is 0. The van der Waals surface area contributed by atoms with Crippen molar-refractivity contribution < 1.29 is 14.2 Å². The van der Waals surface area contributed by atoms with Gasteiger partial charge in [-0.25, -0.2) is 4.57 Å². The molecular weight excluding hydrogens is 302 g/mol. The Morgan fingerprint density at radius 2 is 1.64 bits per heavy atom. The topological polar surface area (TPSA) is 3.88 Å². The number of benzene rings is 2. The Morgan fingerprint density at radius 1 is 0.880 bits per heavy atom. The van der Waals surface area contributed by atoms with Crippen LogP contribution in [0.4, 0.5) is 0 Å². The first kappa shape index (κ1) is 10.6. The fraction of sp³-hybridized carbons (Fsp3) is 0.292. The second-order valence-corrected chi connectivity index (χ2v) is 6.67. The van der Waals surface area contributed by atoms with E-state index in [9.17, 15) is 0 Å². The maximum absolute atomic E-state index is 8.40. The van der Waals surface area contributed by atoms with E-state index in [4.69, 9.17) is 9.60 Å². The van der Waals surface area contributed by atoms with Gasteiger partial charge in [0.05, 0.1) is 0 Å². The zero-order valence-electron chi connectivity index (χ0n) is 22.1. The number of aromatic nitrogens is 1. The summed E-state index contributed by atoms with van der Waals surface area (Å²) in [7, 11) is 1.89. The first-order chi connectivity index (χ1) is 14.6. The summed E-state index contributed by atoms with van der Waals surface area (Å²) in [6.07, 6.45) is 1.88. The highest BCUT2D eigenvalue weighted by Gasteiger charge is 2.17. The predicted molar refractivity (Wildman–Crippen MR) is 107 cm³/mol. The molecule has 0 amide bonds. The number of nitrogens with zero attached hydrogens (tertiary/aromatic N) is 1. The second kappa shape index (κ2) is 6.84. The second-order valence-electron chi connectivity index (χ2n) is 6.67. The van der Waals surface area contributed by atoms with E-state index < -0.39 is 19.6 Å². The largest absolute Gasteiger partial charge is 0.212 e. The molecule has 1 heterocycles. The fourth-order valence-corrected chi connectivity index (χ4v) is 3.07. The van der Waals surface area contributed by atoms with Crippen molar-refractivity contribution in [1.29, 1.82) is 0 Å². The maximum atomic E-state index is 8.40. The van der Waals surface area contributed by atoms with Crippen LogP contribution < -0.4 is 4.57 Å². The van der Waals surface area contributed by atoms with Gasteiger partial charge in [0.15, 0.2) is 6.20 Å². The summed E-state index contributed by atoms with van der Waals surface area (Å²) < 4.78 is 58.4. The fourth-order valence-electron chi connectivity index (χ4n) is 3.07. The maximum Gasteiger partial charge on any atom is 0.212 e. The van der Waals surface area contributed by atoms with Gasteiger partial charge in [-0.1, -0.05) is 44.2 Å². The van der Waals surface area contributed by atoms with E-state index >= 15 is 0 Å². The van der Waals surface area contributed by atoms with Crippen molar-refractivity contribution in [2.75, 3.05) is 0 Å². The molecule has 0 aliphatic heterocycles. The van der Waals surface area contributed by atoms with Gasteiger partial charge in [-0.05, 0) is 66.0 Å². The Kier molecular flexibility index (Phi) is 2.89. The summed E-state index contributed by atoms with van der Waals surface area (Å²) in [5, 5.41) is 0. The van der Waals surface area contributed by atoms with Gasteiger partial charge < -0.3 is 0 Å². The molecule has 0 aliphatic rings. The molecular formula is C24H28N+. The number of rotatable bonds is 3. The van der Waals surface area contributed by atoms with E-state index in [1.807, 2.05) is 50.7 Å². The van der Waals surface area contributed by atoms with Crippen molar-refractivity contribution in [2.24, 2.45) is 7.05 Å². The molecule has 128 valence electrons. The molecule has 3 aromatic rings. The van der Waals surface area contributed by atoms with Crippen LogP contribution >= 0.6 is 0 Å². The lowest BCUT2D eigenvalue weighted by Crippen LogP contribution is -2.31. The predicted octanol–water partition coefficient (Wildman–Crippen LogP) is 5.89. The molecule has 3 rings (SSSR count). The number of hydrogen-bond donors (Lipinski definition) is 0. The van der Waals surface area contributed by atoms with Crippen molar-refractivity contribution in [2.45, 2.75) is 40.4 Å². The van der Waals surface area contributed by atoms with Crippen molar-refractivity contribution in [3.05, 3.63) is 77.0 Å². The highest BCUT2D eigenvalue weighted by molar-refractivity contribution is 5.77. The number of hydrogen-bond acceptors (Lipinski definition) is 0. The average Bonchev–Trinajstić information content (AvgIpc) is 2.66. The molecule has 0 radical (unpaired) electrons. The highest BCUT2D eigenvalue weighted by atomic mass is 14.9. The highest BCUT2D eigenvalue weighted by Crippen LogP contribution is 2.33. The third-order valence-electron chi connectivity index (χ3n) is 4.58. The molecule has 0 saturated heterocycles. The average molecular weight is 338 g/mol. The van der Waals surface area contributed by atoms with Crippen LogP contribution in [0.2, 0.25) is 0 Å². The lowest BCUT2D eigenvalue weighted by molar-refractivity contribution is -0.660. The smallest absolute Gasteiger partial charge is 0.201 e. The van der Waals surface area contributed by atoms with Gasteiger partial charge in [-0.15, -0.1) is 0 Å². The van der Waals surface area contributed by atoms with Crippen LogP contribution in [0.15, 0.2) is 54.7 Å². The molecule has 0 N–H and O–H groups in total. The standard InChI is InChI=1S/C24H28N/c1-16(2)20-11-12-25(6)24(14-20)23-15-22(18(4)13-19(23)5)21-10-8-7-9-17(21)3/h7-16H,1-6H3/q+1/i3D3,4D3,16D. The molecule has 0 saturated carbocycles. The minimum Gasteiger partial charge on any atom is -0.201 e. The molecule has 0 fully saturated rings. The van der Waals surface area contributed by atoms with E-state index in [-0.39, 0.29) is 11.1 Å². The molecule has 0 bridgehead atoms. The van der Waals surface area contributed by atoms with Crippen LogP contribution in [0, 0.1) is 20.6 Å². The normalized spacial score (nSPS) is 16.7. The van der Waals surface area contributed by atoms with E-state index in [0.29, 0.717) is 11.1 Å². The van der Waals surface area contributed by atoms with Gasteiger partial charge >= 0.3 is 0 Å². The molecule has 0 unspecified atom stereocenters. The van der Waals surface area contributed by atoms with E-state index in [0.717, 1.165) is 22.4 Å². The minimum atomic E-state index is -2.41. The van der Waals surface area contributed by atoms with Gasteiger partial charge in [0.1, 0.15) is 7.05 Å². The lowest BCUT2D eigenvalue weighted by atomic mass is 9.90. The molecule has 25 heavy (non-hydrogen) atoms. The molecule has 1 aromatic heterocycles. The summed E-state index contributed by atoms with van der Waals surface area (Å²) in [6.45, 7) is 0.688. The molecule has 0 spiro atoms. The van der Waals surface area contributed by atoms with Crippen LogP contribution in [0.3, 0.4) is 0 Å². The van der Waals surface area contributed by atoms with Crippen LogP contribution in [0.1, 0.15) is 51.6 Å². The molecule has 0 atom stereocenters. The van der Waals surface area contributed by atoms with Gasteiger partial charge in [-0.2, -0.15) is 0 Å². The molecule has 1 heteroatoms. The Hall–Kier alpha value is -2.41.